The van der Waals surface area contributed by atoms with Crippen LogP contribution in [-0.2, 0) is 4.79 Å². The molecule has 0 bridgehead atoms. The van der Waals surface area contributed by atoms with Crippen LogP contribution >= 0.6 is 24.8 Å². The molecule has 2 N–H and O–H groups in total. The molecule has 2 rings (SSSR count). The first-order valence-corrected chi connectivity index (χ1v) is 5.81. The maximum Gasteiger partial charge on any atom is 0.226 e. The number of pyridine rings is 1. The third kappa shape index (κ3) is 5.22. The summed E-state index contributed by atoms with van der Waals surface area (Å²) >= 11 is 0. The van der Waals surface area contributed by atoms with E-state index in [1.165, 1.54) is 0 Å². The van der Waals surface area contributed by atoms with E-state index in [0.29, 0.717) is 23.9 Å². The van der Waals surface area contributed by atoms with Crippen molar-refractivity contribution in [3.63, 3.8) is 0 Å². The fourth-order valence-electron chi connectivity index (χ4n) is 2.01. The number of carbonyl (C=O) groups excluding carboxylic acids is 1. The Morgan fingerprint density at radius 1 is 1.58 bits per heavy atom. The Labute approximate surface area is 125 Å². The predicted octanol–water partition coefficient (Wildman–Crippen LogP) is 2.01. The van der Waals surface area contributed by atoms with E-state index in [1.807, 2.05) is 0 Å². The SMILES string of the molecule is COc1ccncc1NC(=O)CC1CCCN1.Cl.Cl. The second kappa shape index (κ2) is 8.96. The Morgan fingerprint density at radius 3 is 3.00 bits per heavy atom. The van der Waals surface area contributed by atoms with Crippen molar-refractivity contribution in [1.82, 2.24) is 10.3 Å². The first kappa shape index (κ1) is 18.0. The molecule has 1 amide bonds. The molecule has 1 aromatic heterocycles. The molecule has 1 aliphatic heterocycles. The summed E-state index contributed by atoms with van der Waals surface area (Å²) in [5, 5.41) is 6.12. The highest BCUT2D eigenvalue weighted by atomic mass is 35.5. The van der Waals surface area contributed by atoms with E-state index in [-0.39, 0.29) is 30.7 Å². The van der Waals surface area contributed by atoms with E-state index in [4.69, 9.17) is 4.74 Å². The summed E-state index contributed by atoms with van der Waals surface area (Å²) in [5.74, 6) is 0.628. The number of anilines is 1. The van der Waals surface area contributed by atoms with Crippen LogP contribution in [0.3, 0.4) is 0 Å². The molecule has 1 aliphatic rings. The van der Waals surface area contributed by atoms with Crippen LogP contribution in [0, 0.1) is 0 Å². The van der Waals surface area contributed by atoms with Gasteiger partial charge >= 0.3 is 0 Å². The standard InChI is InChI=1S/C12H17N3O2.2ClH/c1-17-11-4-6-13-8-10(11)15-12(16)7-9-3-2-5-14-9;;/h4,6,8-9,14H,2-3,5,7H2,1H3,(H,15,16);2*1H. The van der Waals surface area contributed by atoms with E-state index in [9.17, 15) is 4.79 Å². The topological polar surface area (TPSA) is 63.2 Å². The normalized spacial score (nSPS) is 17.0. The quantitative estimate of drug-likeness (QED) is 0.893. The van der Waals surface area contributed by atoms with Gasteiger partial charge in [-0.1, -0.05) is 0 Å². The average Bonchev–Trinajstić information content (AvgIpc) is 2.82. The van der Waals surface area contributed by atoms with E-state index in [0.717, 1.165) is 19.4 Å². The van der Waals surface area contributed by atoms with Crippen molar-refractivity contribution in [2.45, 2.75) is 25.3 Å². The van der Waals surface area contributed by atoms with Crippen molar-refractivity contribution in [3.8, 4) is 5.75 Å². The van der Waals surface area contributed by atoms with Crippen LogP contribution in [0.1, 0.15) is 19.3 Å². The highest BCUT2D eigenvalue weighted by Crippen LogP contribution is 2.22. The highest BCUT2D eigenvalue weighted by Gasteiger charge is 2.18. The minimum atomic E-state index is -0.00398. The zero-order chi connectivity index (χ0) is 12.1. The van der Waals surface area contributed by atoms with Crippen molar-refractivity contribution < 1.29 is 9.53 Å². The van der Waals surface area contributed by atoms with Crippen molar-refractivity contribution in [3.05, 3.63) is 18.5 Å². The zero-order valence-electron chi connectivity index (χ0n) is 10.7. The van der Waals surface area contributed by atoms with E-state index in [2.05, 4.69) is 15.6 Å². The van der Waals surface area contributed by atoms with Crippen LogP contribution in [0.25, 0.3) is 0 Å². The Hall–Kier alpha value is -1.04. The van der Waals surface area contributed by atoms with E-state index in [1.54, 1.807) is 25.6 Å². The maximum atomic E-state index is 11.8. The summed E-state index contributed by atoms with van der Waals surface area (Å²) in [6, 6.07) is 2.03. The summed E-state index contributed by atoms with van der Waals surface area (Å²) in [6.45, 7) is 1.01. The van der Waals surface area contributed by atoms with Crippen LogP contribution < -0.4 is 15.4 Å². The van der Waals surface area contributed by atoms with Gasteiger partial charge in [0.2, 0.25) is 5.91 Å². The summed E-state index contributed by atoms with van der Waals surface area (Å²) in [6.07, 6.45) is 5.94. The summed E-state index contributed by atoms with van der Waals surface area (Å²) < 4.78 is 5.15. The van der Waals surface area contributed by atoms with Crippen LogP contribution in [-0.4, -0.2) is 30.6 Å². The van der Waals surface area contributed by atoms with Crippen LogP contribution in [0.4, 0.5) is 5.69 Å². The smallest absolute Gasteiger partial charge is 0.226 e. The van der Waals surface area contributed by atoms with Gasteiger partial charge in [-0.05, 0) is 19.4 Å². The van der Waals surface area contributed by atoms with Gasteiger partial charge in [0.05, 0.1) is 13.3 Å². The van der Waals surface area contributed by atoms with Gasteiger partial charge in [-0.2, -0.15) is 0 Å². The lowest BCUT2D eigenvalue weighted by atomic mass is 10.1. The van der Waals surface area contributed by atoms with Gasteiger partial charge in [0.1, 0.15) is 11.4 Å². The number of methoxy groups -OCH3 is 1. The summed E-state index contributed by atoms with van der Waals surface area (Å²) in [5.41, 5.74) is 0.623. The van der Waals surface area contributed by atoms with E-state index >= 15 is 0 Å². The minimum Gasteiger partial charge on any atom is -0.494 e. The molecule has 0 spiro atoms. The van der Waals surface area contributed by atoms with Crippen LogP contribution in [0.15, 0.2) is 18.5 Å². The number of nitrogens with one attached hydrogen (secondary N) is 2. The number of hydrogen-bond acceptors (Lipinski definition) is 4. The monoisotopic (exact) mass is 307 g/mol. The Kier molecular flexibility index (Phi) is 8.47. The summed E-state index contributed by atoms with van der Waals surface area (Å²) in [7, 11) is 1.57. The molecule has 1 aromatic rings. The molecule has 0 radical (unpaired) electrons. The molecule has 2 heterocycles. The van der Waals surface area contributed by atoms with Gasteiger partial charge < -0.3 is 15.4 Å². The minimum absolute atomic E-state index is 0. The molecule has 108 valence electrons. The highest BCUT2D eigenvalue weighted by molar-refractivity contribution is 5.92. The molecule has 7 heteroatoms. The number of aromatic nitrogens is 1. The molecule has 1 unspecified atom stereocenters. The molecule has 1 fully saturated rings. The molecule has 19 heavy (non-hydrogen) atoms. The lowest BCUT2D eigenvalue weighted by Crippen LogP contribution is -2.27. The van der Waals surface area contributed by atoms with Crippen molar-refractivity contribution >= 4 is 36.4 Å². The number of amides is 1. The second-order valence-electron chi connectivity index (χ2n) is 4.12. The van der Waals surface area contributed by atoms with Crippen LogP contribution in [0.5, 0.6) is 5.75 Å². The molecule has 1 atom stereocenters. The fraction of sp³-hybridized carbons (Fsp3) is 0.500. The first-order chi connectivity index (χ1) is 8.29. The number of hydrogen-bond donors (Lipinski definition) is 2. The Bertz CT molecular complexity index is 398. The Morgan fingerprint density at radius 2 is 2.37 bits per heavy atom. The molecular formula is C12H19Cl2N3O2. The number of halogens is 2. The number of carbonyl (C=O) groups is 1. The van der Waals surface area contributed by atoms with Crippen molar-refractivity contribution in [2.75, 3.05) is 19.0 Å². The van der Waals surface area contributed by atoms with Gasteiger partial charge in [0.25, 0.3) is 0 Å². The second-order valence-corrected chi connectivity index (χ2v) is 4.12. The van der Waals surface area contributed by atoms with Gasteiger partial charge in [0, 0.05) is 24.7 Å². The molecule has 0 aliphatic carbocycles. The maximum absolute atomic E-state index is 11.8. The largest absolute Gasteiger partial charge is 0.494 e. The van der Waals surface area contributed by atoms with Crippen LogP contribution in [0.2, 0.25) is 0 Å². The molecular weight excluding hydrogens is 289 g/mol. The van der Waals surface area contributed by atoms with Gasteiger partial charge in [0.15, 0.2) is 0 Å². The molecule has 5 nitrogen and oxygen atoms in total. The predicted molar refractivity (Wildman–Crippen MR) is 79.6 cm³/mol. The number of ether oxygens (including phenoxy) is 1. The van der Waals surface area contributed by atoms with Gasteiger partial charge in [-0.3, -0.25) is 9.78 Å². The molecule has 0 aromatic carbocycles. The first-order valence-electron chi connectivity index (χ1n) is 5.81. The number of rotatable bonds is 4. The zero-order valence-corrected chi connectivity index (χ0v) is 12.4. The average molecular weight is 308 g/mol. The summed E-state index contributed by atoms with van der Waals surface area (Å²) in [4.78, 5) is 15.8. The van der Waals surface area contributed by atoms with Crippen molar-refractivity contribution in [2.24, 2.45) is 0 Å². The Balaban J connectivity index is 0.00000162. The molecule has 0 saturated carbocycles. The third-order valence-corrected chi connectivity index (χ3v) is 2.87. The van der Waals surface area contributed by atoms with E-state index < -0.39 is 0 Å². The van der Waals surface area contributed by atoms with Gasteiger partial charge in [-0.25, -0.2) is 0 Å². The molecule has 1 saturated heterocycles. The lowest BCUT2D eigenvalue weighted by Gasteiger charge is -2.12. The van der Waals surface area contributed by atoms with Crippen molar-refractivity contribution in [1.29, 1.82) is 0 Å². The third-order valence-electron chi connectivity index (χ3n) is 2.87. The fourth-order valence-corrected chi connectivity index (χ4v) is 2.01. The van der Waals surface area contributed by atoms with Gasteiger partial charge in [-0.15, -0.1) is 24.8 Å². The lowest BCUT2D eigenvalue weighted by molar-refractivity contribution is -0.116. The number of nitrogens with zero attached hydrogens (tertiary/aromatic N) is 1.